The van der Waals surface area contributed by atoms with Crippen molar-refractivity contribution in [1.82, 2.24) is 4.57 Å². The Morgan fingerprint density at radius 2 is 2.18 bits per heavy atom. The lowest BCUT2D eigenvalue weighted by Gasteiger charge is -2.04. The third kappa shape index (κ3) is 2.78. The van der Waals surface area contributed by atoms with Gasteiger partial charge in [0.1, 0.15) is 0 Å². The Kier molecular flexibility index (Phi) is 4.01. The largest absolute Gasteiger partial charge is 0.350 e. The van der Waals surface area contributed by atoms with E-state index in [-0.39, 0.29) is 0 Å². The van der Waals surface area contributed by atoms with Crippen LogP contribution in [0.1, 0.15) is 0 Å². The lowest BCUT2D eigenvalue weighted by Crippen LogP contribution is -2.38. The van der Waals surface area contributed by atoms with Crippen LogP contribution in [0, 0.1) is 0 Å². The fraction of sp³-hybridized carbons (Fsp3) is 0.154. The highest BCUT2D eigenvalue weighted by Crippen LogP contribution is 2.08. The zero-order valence-corrected chi connectivity index (χ0v) is 10.7. The highest BCUT2D eigenvalue weighted by molar-refractivity contribution is 8.02. The molecule has 3 nitrogen and oxygen atoms in total. The van der Waals surface area contributed by atoms with E-state index in [0.29, 0.717) is 0 Å². The van der Waals surface area contributed by atoms with Crippen LogP contribution in [0.3, 0.4) is 0 Å². The zero-order chi connectivity index (χ0) is 12.1. The SMILES string of the molecule is Cn1cc/c(=N\CS/C=C\[NH3+])c2ccccc21. The number of aromatic nitrogens is 1. The minimum Gasteiger partial charge on any atom is -0.350 e. The molecule has 0 spiro atoms. The summed E-state index contributed by atoms with van der Waals surface area (Å²) in [5.74, 6) is 0.726. The second kappa shape index (κ2) is 5.70. The number of rotatable bonds is 3. The van der Waals surface area contributed by atoms with E-state index in [1.165, 1.54) is 10.9 Å². The molecule has 0 atom stereocenters. The predicted octanol–water partition coefficient (Wildman–Crippen LogP) is 1.48. The van der Waals surface area contributed by atoms with Gasteiger partial charge in [-0.3, -0.25) is 4.99 Å². The molecule has 0 saturated heterocycles. The summed E-state index contributed by atoms with van der Waals surface area (Å²) in [4.78, 5) is 4.58. The fourth-order valence-electron chi connectivity index (χ4n) is 1.71. The first kappa shape index (κ1) is 12.0. The van der Waals surface area contributed by atoms with Crippen molar-refractivity contribution in [2.45, 2.75) is 0 Å². The molecule has 0 fully saturated rings. The number of aryl methyl sites for hydroxylation is 1. The van der Waals surface area contributed by atoms with E-state index in [1.54, 1.807) is 18.0 Å². The van der Waals surface area contributed by atoms with E-state index >= 15 is 0 Å². The molecule has 1 aromatic carbocycles. The molecule has 0 aliphatic rings. The molecule has 3 N–H and O–H groups in total. The van der Waals surface area contributed by atoms with Crippen molar-refractivity contribution in [3.63, 3.8) is 0 Å². The monoisotopic (exact) mass is 246 g/mol. The average molecular weight is 246 g/mol. The number of quaternary nitrogens is 1. The Bertz CT molecular complexity index is 599. The van der Waals surface area contributed by atoms with E-state index in [4.69, 9.17) is 0 Å². The van der Waals surface area contributed by atoms with Crippen LogP contribution in [0.15, 0.2) is 53.1 Å². The number of nitrogens with zero attached hydrogens (tertiary/aromatic N) is 2. The van der Waals surface area contributed by atoms with Gasteiger partial charge in [-0.25, -0.2) is 0 Å². The quantitative estimate of drug-likeness (QED) is 0.819. The third-order valence-corrected chi connectivity index (χ3v) is 3.18. The van der Waals surface area contributed by atoms with Crippen LogP contribution in [0.5, 0.6) is 0 Å². The number of hydrogen-bond acceptors (Lipinski definition) is 2. The third-order valence-electron chi connectivity index (χ3n) is 2.52. The Morgan fingerprint density at radius 3 is 3.00 bits per heavy atom. The van der Waals surface area contributed by atoms with Crippen molar-refractivity contribution in [3.05, 3.63) is 53.5 Å². The molecule has 2 rings (SSSR count). The van der Waals surface area contributed by atoms with Crippen LogP contribution in [0.4, 0.5) is 0 Å². The summed E-state index contributed by atoms with van der Waals surface area (Å²) in [5.41, 5.74) is 4.85. The van der Waals surface area contributed by atoms with Gasteiger partial charge >= 0.3 is 0 Å². The second-order valence-corrected chi connectivity index (χ2v) is 4.52. The molecule has 1 aromatic heterocycles. The molecule has 17 heavy (non-hydrogen) atoms. The number of pyridine rings is 1. The van der Waals surface area contributed by atoms with Crippen molar-refractivity contribution >= 4 is 22.7 Å². The first-order valence-electron chi connectivity index (χ1n) is 5.43. The minimum absolute atomic E-state index is 0.726. The van der Waals surface area contributed by atoms with Crippen LogP contribution < -0.4 is 11.1 Å². The number of benzene rings is 1. The summed E-state index contributed by atoms with van der Waals surface area (Å²) in [6.45, 7) is 0. The molecule has 0 amide bonds. The van der Waals surface area contributed by atoms with Gasteiger partial charge in [-0.2, -0.15) is 0 Å². The van der Waals surface area contributed by atoms with Crippen LogP contribution in [0.25, 0.3) is 10.9 Å². The van der Waals surface area contributed by atoms with Gasteiger partial charge in [0.2, 0.25) is 0 Å². The number of para-hydroxylation sites is 1. The Morgan fingerprint density at radius 1 is 1.35 bits per heavy atom. The van der Waals surface area contributed by atoms with E-state index in [2.05, 4.69) is 33.5 Å². The highest BCUT2D eigenvalue weighted by atomic mass is 32.2. The molecule has 0 unspecified atom stereocenters. The number of thioether (sulfide) groups is 1. The van der Waals surface area contributed by atoms with Crippen LogP contribution in [0.2, 0.25) is 0 Å². The maximum absolute atomic E-state index is 4.58. The van der Waals surface area contributed by atoms with E-state index in [0.717, 1.165) is 11.2 Å². The normalized spacial score (nSPS) is 12.7. The molecule has 2 aromatic rings. The van der Waals surface area contributed by atoms with E-state index in [9.17, 15) is 0 Å². The smallest absolute Gasteiger partial charge is 0.0973 e. The molecule has 0 aliphatic heterocycles. The Labute approximate surface area is 105 Å². The zero-order valence-electron chi connectivity index (χ0n) is 9.84. The highest BCUT2D eigenvalue weighted by Gasteiger charge is 1.96. The minimum atomic E-state index is 0.726. The Hall–Kier alpha value is -1.52. The van der Waals surface area contributed by atoms with Crippen molar-refractivity contribution in [1.29, 1.82) is 0 Å². The molecule has 4 heteroatoms. The lowest BCUT2D eigenvalue weighted by molar-refractivity contribution is -0.274. The van der Waals surface area contributed by atoms with Gasteiger partial charge in [0.15, 0.2) is 0 Å². The van der Waals surface area contributed by atoms with Gasteiger partial charge in [0, 0.05) is 29.6 Å². The molecular formula is C13H16N3S+. The summed E-state index contributed by atoms with van der Waals surface area (Å²) in [5, 5.41) is 4.19. The van der Waals surface area contributed by atoms with Gasteiger partial charge in [-0.1, -0.05) is 18.2 Å². The summed E-state index contributed by atoms with van der Waals surface area (Å²) in [7, 11) is 2.05. The molecular weight excluding hydrogens is 230 g/mol. The number of fused-ring (bicyclic) bond motifs is 1. The summed E-state index contributed by atoms with van der Waals surface area (Å²) in [6.07, 6.45) is 3.83. The lowest BCUT2D eigenvalue weighted by atomic mass is 10.2. The second-order valence-electron chi connectivity index (χ2n) is 3.65. The molecule has 0 bridgehead atoms. The van der Waals surface area contributed by atoms with Crippen LogP contribution in [-0.4, -0.2) is 10.4 Å². The van der Waals surface area contributed by atoms with Crippen LogP contribution in [-0.2, 0) is 7.05 Å². The molecule has 0 aliphatic carbocycles. The topological polar surface area (TPSA) is 44.9 Å². The van der Waals surface area contributed by atoms with Gasteiger partial charge in [0.05, 0.1) is 17.4 Å². The van der Waals surface area contributed by atoms with Gasteiger partial charge in [-0.15, -0.1) is 11.8 Å². The Balaban J connectivity index is 2.44. The molecule has 0 saturated carbocycles. The molecule has 1 heterocycles. The average Bonchev–Trinajstić information content (AvgIpc) is 2.37. The molecule has 0 radical (unpaired) electrons. The summed E-state index contributed by atoms with van der Waals surface area (Å²) >= 11 is 1.64. The van der Waals surface area contributed by atoms with Crippen molar-refractivity contribution in [3.8, 4) is 0 Å². The summed E-state index contributed by atoms with van der Waals surface area (Å²) < 4.78 is 2.11. The molecule has 88 valence electrons. The summed E-state index contributed by atoms with van der Waals surface area (Å²) in [6, 6.07) is 10.4. The first-order valence-corrected chi connectivity index (χ1v) is 6.48. The first-order chi connectivity index (χ1) is 8.33. The van der Waals surface area contributed by atoms with E-state index < -0.39 is 0 Å². The standard InChI is InChI=1S/C13H15N3S/c1-16-8-6-12(15-10-17-9-7-14)11-4-2-3-5-13(11)16/h2-9H,10,14H2,1H3/p+1/b9-7-,15-12+. The van der Waals surface area contributed by atoms with Crippen LogP contribution >= 0.6 is 11.8 Å². The van der Waals surface area contributed by atoms with Crippen molar-refractivity contribution in [2.24, 2.45) is 12.0 Å². The van der Waals surface area contributed by atoms with Gasteiger partial charge in [-0.05, 0) is 12.1 Å². The van der Waals surface area contributed by atoms with Crippen molar-refractivity contribution in [2.75, 3.05) is 5.88 Å². The number of hydrogen-bond donors (Lipinski definition) is 1. The predicted molar refractivity (Wildman–Crippen MR) is 73.0 cm³/mol. The van der Waals surface area contributed by atoms with Gasteiger partial charge in [0.25, 0.3) is 0 Å². The van der Waals surface area contributed by atoms with Gasteiger partial charge < -0.3 is 10.3 Å². The fourth-order valence-corrected chi connectivity index (χ4v) is 2.14. The maximum atomic E-state index is 4.58. The van der Waals surface area contributed by atoms with E-state index in [1.807, 2.05) is 30.8 Å². The maximum Gasteiger partial charge on any atom is 0.0973 e. The van der Waals surface area contributed by atoms with Crippen molar-refractivity contribution < 1.29 is 5.73 Å².